The van der Waals surface area contributed by atoms with Crippen LogP contribution in [0.25, 0.3) is 10.6 Å². The predicted molar refractivity (Wildman–Crippen MR) is 118 cm³/mol. The van der Waals surface area contributed by atoms with Gasteiger partial charge in [-0.25, -0.2) is 0 Å². The minimum Gasteiger partial charge on any atom is -0.355 e. The molecule has 0 bridgehead atoms. The first-order chi connectivity index (χ1) is 13.8. The lowest BCUT2D eigenvalue weighted by molar-refractivity contribution is -0.119. The molecular weight excluding hydrogens is 388 g/mol. The van der Waals surface area contributed by atoms with Gasteiger partial charge in [-0.15, -0.1) is 23.1 Å². The Morgan fingerprint density at radius 1 is 1.21 bits per heavy atom. The highest BCUT2D eigenvalue weighted by Crippen LogP contribution is 2.27. The number of amides is 1. The number of thiophene rings is 1. The minimum absolute atomic E-state index is 0.138. The van der Waals surface area contributed by atoms with Crippen molar-refractivity contribution in [3.63, 3.8) is 0 Å². The highest BCUT2D eigenvalue weighted by molar-refractivity contribution is 7.99. The van der Waals surface area contributed by atoms with E-state index in [1.807, 2.05) is 24.3 Å². The molecule has 1 saturated heterocycles. The molecule has 1 aliphatic rings. The van der Waals surface area contributed by atoms with Crippen LogP contribution in [0.2, 0.25) is 0 Å². The van der Waals surface area contributed by atoms with Crippen LogP contribution >= 0.6 is 23.1 Å². The zero-order valence-corrected chi connectivity index (χ0v) is 17.3. The van der Waals surface area contributed by atoms with Crippen molar-refractivity contribution in [1.29, 1.82) is 0 Å². The van der Waals surface area contributed by atoms with Crippen molar-refractivity contribution in [2.45, 2.75) is 24.6 Å². The monoisotopic (exact) mass is 412 g/mol. The third-order valence-electron chi connectivity index (χ3n) is 4.88. The summed E-state index contributed by atoms with van der Waals surface area (Å²) in [4.78, 5) is 15.7. The van der Waals surface area contributed by atoms with Crippen LogP contribution in [0.1, 0.15) is 18.4 Å². The molecule has 28 heavy (non-hydrogen) atoms. The Hall–Kier alpha value is -2.25. The molecule has 146 valence electrons. The minimum atomic E-state index is 0.138. The highest BCUT2D eigenvalue weighted by Gasteiger charge is 2.22. The molecule has 0 aliphatic carbocycles. The van der Waals surface area contributed by atoms with Crippen LogP contribution in [-0.2, 0) is 10.5 Å². The number of carbonyl (C=O) groups excluding carboxylic acids is 1. The summed E-state index contributed by atoms with van der Waals surface area (Å²) in [5.41, 5.74) is 2.32. The number of thioether (sulfide) groups is 1. The number of aromatic amines is 1. The second kappa shape index (κ2) is 9.30. The van der Waals surface area contributed by atoms with E-state index in [-0.39, 0.29) is 11.9 Å². The van der Waals surface area contributed by atoms with E-state index in [9.17, 15) is 4.79 Å². The molecule has 3 aromatic rings. The molecule has 1 fully saturated rings. The van der Waals surface area contributed by atoms with Gasteiger partial charge >= 0.3 is 0 Å². The first kappa shape index (κ1) is 19.1. The topological polar surface area (TPSA) is 61.0 Å². The molecule has 0 atom stereocenters. The highest BCUT2D eigenvalue weighted by atomic mass is 32.2. The Morgan fingerprint density at radius 3 is 2.79 bits per heavy atom. The van der Waals surface area contributed by atoms with Crippen LogP contribution < -0.4 is 10.2 Å². The van der Waals surface area contributed by atoms with Crippen molar-refractivity contribution in [1.82, 2.24) is 15.5 Å². The Bertz CT molecular complexity index is 871. The van der Waals surface area contributed by atoms with Gasteiger partial charge in [-0.05, 0) is 29.9 Å². The molecule has 0 unspecified atom stereocenters. The molecule has 1 amide bonds. The van der Waals surface area contributed by atoms with Gasteiger partial charge in [0.2, 0.25) is 5.91 Å². The second-order valence-corrected chi connectivity index (χ2v) is 8.86. The van der Waals surface area contributed by atoms with Crippen molar-refractivity contribution in [3.8, 4) is 10.6 Å². The number of aromatic nitrogens is 2. The van der Waals surface area contributed by atoms with Gasteiger partial charge in [0, 0.05) is 31.0 Å². The van der Waals surface area contributed by atoms with Gasteiger partial charge in [0.1, 0.15) is 0 Å². The maximum atomic E-state index is 12.2. The van der Waals surface area contributed by atoms with Crippen LogP contribution in [-0.4, -0.2) is 41.0 Å². The molecule has 1 aliphatic heterocycles. The zero-order valence-electron chi connectivity index (χ0n) is 15.6. The third kappa shape index (κ3) is 4.97. The van der Waals surface area contributed by atoms with Crippen LogP contribution in [0.5, 0.6) is 0 Å². The number of carbonyl (C=O) groups is 1. The first-order valence-corrected chi connectivity index (χ1v) is 11.6. The van der Waals surface area contributed by atoms with Crippen LogP contribution in [0, 0.1) is 0 Å². The second-order valence-electron chi connectivity index (χ2n) is 6.92. The quantitative estimate of drug-likeness (QED) is 0.612. The van der Waals surface area contributed by atoms with Gasteiger partial charge in [0.15, 0.2) is 5.82 Å². The van der Waals surface area contributed by atoms with E-state index in [4.69, 9.17) is 0 Å². The largest absolute Gasteiger partial charge is 0.355 e. The van der Waals surface area contributed by atoms with E-state index in [0.717, 1.165) is 43.2 Å². The van der Waals surface area contributed by atoms with Crippen LogP contribution in [0.3, 0.4) is 0 Å². The summed E-state index contributed by atoms with van der Waals surface area (Å²) in [6, 6.07) is 16.8. The lowest BCUT2D eigenvalue weighted by Crippen LogP contribution is -2.45. The number of hydrogen-bond acceptors (Lipinski definition) is 5. The number of nitrogens with one attached hydrogen (secondary N) is 2. The summed E-state index contributed by atoms with van der Waals surface area (Å²) in [5, 5.41) is 12.9. The molecule has 5 nitrogen and oxygen atoms in total. The summed E-state index contributed by atoms with van der Waals surface area (Å²) in [6.07, 6.45) is 1.91. The van der Waals surface area contributed by atoms with E-state index >= 15 is 0 Å². The standard InChI is InChI=1S/C21H24N4OS2/c26-21(15-27-14-16-5-2-1-3-6-16)22-17-8-10-25(11-9-17)20-13-18(23-24-20)19-7-4-12-28-19/h1-7,12-13,17H,8-11,14-15H2,(H,22,26)(H,23,24). The SMILES string of the molecule is O=C(CSCc1ccccc1)NC1CCN(c2cc(-c3cccs3)[nH]n2)CC1. The first-order valence-electron chi connectivity index (χ1n) is 9.53. The fourth-order valence-corrected chi connectivity index (χ4v) is 4.88. The fraction of sp³-hybridized carbons (Fsp3) is 0.333. The smallest absolute Gasteiger partial charge is 0.230 e. The van der Waals surface area contributed by atoms with E-state index in [2.05, 4.69) is 50.1 Å². The van der Waals surface area contributed by atoms with Gasteiger partial charge in [-0.3, -0.25) is 9.89 Å². The maximum Gasteiger partial charge on any atom is 0.230 e. The molecule has 2 N–H and O–H groups in total. The molecule has 7 heteroatoms. The van der Waals surface area contributed by atoms with Crippen molar-refractivity contribution >= 4 is 34.8 Å². The van der Waals surface area contributed by atoms with Gasteiger partial charge in [0.25, 0.3) is 0 Å². The molecular formula is C21H24N4OS2. The summed E-state index contributed by atoms with van der Waals surface area (Å²) in [6.45, 7) is 1.83. The Morgan fingerprint density at radius 2 is 2.04 bits per heavy atom. The molecule has 3 heterocycles. The number of rotatable bonds is 7. The maximum absolute atomic E-state index is 12.2. The number of piperidine rings is 1. The van der Waals surface area contributed by atoms with Gasteiger partial charge in [0.05, 0.1) is 16.3 Å². The lowest BCUT2D eigenvalue weighted by atomic mass is 10.1. The van der Waals surface area contributed by atoms with E-state index in [0.29, 0.717) is 5.75 Å². The number of anilines is 1. The van der Waals surface area contributed by atoms with Crippen molar-refractivity contribution in [3.05, 3.63) is 59.5 Å². The van der Waals surface area contributed by atoms with E-state index < -0.39 is 0 Å². The summed E-state index contributed by atoms with van der Waals surface area (Å²) >= 11 is 3.38. The third-order valence-corrected chi connectivity index (χ3v) is 6.79. The molecule has 2 aromatic heterocycles. The van der Waals surface area contributed by atoms with Crippen molar-refractivity contribution in [2.75, 3.05) is 23.7 Å². The lowest BCUT2D eigenvalue weighted by Gasteiger charge is -2.32. The van der Waals surface area contributed by atoms with E-state index in [1.165, 1.54) is 10.4 Å². The van der Waals surface area contributed by atoms with Crippen molar-refractivity contribution in [2.24, 2.45) is 0 Å². The van der Waals surface area contributed by atoms with Crippen LogP contribution in [0.15, 0.2) is 53.9 Å². The molecule has 1 aromatic carbocycles. The Labute approximate surface area is 173 Å². The molecule has 0 radical (unpaired) electrons. The Balaban J connectivity index is 1.19. The normalized spacial score (nSPS) is 14.9. The number of H-pyrrole nitrogens is 1. The molecule has 4 rings (SSSR count). The average molecular weight is 413 g/mol. The average Bonchev–Trinajstić information content (AvgIpc) is 3.41. The predicted octanol–water partition coefficient (Wildman–Crippen LogP) is 4.16. The van der Waals surface area contributed by atoms with Gasteiger partial charge in [-0.2, -0.15) is 5.10 Å². The number of benzene rings is 1. The zero-order chi connectivity index (χ0) is 19.2. The van der Waals surface area contributed by atoms with Crippen molar-refractivity contribution < 1.29 is 4.79 Å². The van der Waals surface area contributed by atoms with E-state index in [1.54, 1.807) is 23.1 Å². The fourth-order valence-electron chi connectivity index (χ4n) is 3.39. The molecule has 0 spiro atoms. The molecule has 0 saturated carbocycles. The summed E-state index contributed by atoms with van der Waals surface area (Å²) in [7, 11) is 0. The van der Waals surface area contributed by atoms with Gasteiger partial charge < -0.3 is 10.2 Å². The number of hydrogen-bond donors (Lipinski definition) is 2. The summed E-state index contributed by atoms with van der Waals surface area (Å²) in [5.74, 6) is 2.52. The number of nitrogens with zero attached hydrogens (tertiary/aromatic N) is 2. The van der Waals surface area contributed by atoms with Gasteiger partial charge in [-0.1, -0.05) is 36.4 Å². The summed E-state index contributed by atoms with van der Waals surface area (Å²) < 4.78 is 0. The Kier molecular flexibility index (Phi) is 6.34. The van der Waals surface area contributed by atoms with Crippen LogP contribution in [0.4, 0.5) is 5.82 Å².